The van der Waals surface area contributed by atoms with E-state index < -0.39 is 0 Å². The fraction of sp³-hybridized carbons (Fsp3) is 0.188. The van der Waals surface area contributed by atoms with E-state index in [4.69, 9.17) is 9.94 Å². The Hall–Kier alpha value is -2.87. The van der Waals surface area contributed by atoms with Crippen molar-refractivity contribution in [2.24, 2.45) is 5.16 Å². The summed E-state index contributed by atoms with van der Waals surface area (Å²) in [4.78, 5) is 18.5. The lowest BCUT2D eigenvalue weighted by Crippen LogP contribution is -2.19. The molecule has 0 saturated carbocycles. The smallest absolute Gasteiger partial charge is 0.242 e. The fourth-order valence-electron chi connectivity index (χ4n) is 2.49. The number of fused-ring (bicyclic) bond motifs is 1. The van der Waals surface area contributed by atoms with Gasteiger partial charge in [-0.2, -0.15) is 0 Å². The molecule has 0 aliphatic carbocycles. The van der Waals surface area contributed by atoms with Gasteiger partial charge in [0.15, 0.2) is 5.69 Å². The first-order valence-electron chi connectivity index (χ1n) is 7.35. The normalized spacial score (nSPS) is 15.1. The Balaban J connectivity index is 1.79. The van der Waals surface area contributed by atoms with Gasteiger partial charge in [0, 0.05) is 24.4 Å². The molecule has 0 atom stereocenters. The van der Waals surface area contributed by atoms with E-state index in [9.17, 15) is 0 Å². The van der Waals surface area contributed by atoms with Gasteiger partial charge in [-0.15, -0.1) is 11.3 Å². The van der Waals surface area contributed by atoms with Crippen LogP contribution in [-0.4, -0.2) is 37.5 Å². The van der Waals surface area contributed by atoms with Gasteiger partial charge in [-0.05, 0) is 19.1 Å². The molecule has 3 aromatic heterocycles. The van der Waals surface area contributed by atoms with Crippen LogP contribution < -0.4 is 4.74 Å². The first-order valence-corrected chi connectivity index (χ1v) is 8.17. The maximum absolute atomic E-state index is 9.15. The molecule has 4 heterocycles. The molecule has 0 radical (unpaired) electrons. The number of rotatable bonds is 2. The largest absolute Gasteiger partial charge is 0.476 e. The minimum atomic E-state index is 0.396. The Bertz CT molecular complexity index is 923. The summed E-state index contributed by atoms with van der Waals surface area (Å²) >= 11 is 1.53. The van der Waals surface area contributed by atoms with Gasteiger partial charge < -0.3 is 9.94 Å². The first kappa shape index (κ1) is 14.7. The van der Waals surface area contributed by atoms with E-state index >= 15 is 0 Å². The number of pyridine rings is 1. The van der Waals surface area contributed by atoms with Crippen molar-refractivity contribution in [2.45, 2.75) is 13.3 Å². The zero-order valence-corrected chi connectivity index (χ0v) is 13.6. The van der Waals surface area contributed by atoms with Crippen LogP contribution in [0, 0.1) is 6.92 Å². The van der Waals surface area contributed by atoms with Crippen molar-refractivity contribution in [3.05, 3.63) is 42.1 Å². The monoisotopic (exact) mass is 339 g/mol. The van der Waals surface area contributed by atoms with E-state index in [0.717, 1.165) is 21.1 Å². The highest BCUT2D eigenvalue weighted by Gasteiger charge is 2.22. The molecule has 24 heavy (non-hydrogen) atoms. The molecule has 0 aromatic carbocycles. The van der Waals surface area contributed by atoms with E-state index in [-0.39, 0.29) is 0 Å². The Morgan fingerprint density at radius 1 is 1.29 bits per heavy atom. The van der Waals surface area contributed by atoms with E-state index in [1.165, 1.54) is 11.3 Å². The summed E-state index contributed by atoms with van der Waals surface area (Å²) in [5, 5.41) is 13.3. The van der Waals surface area contributed by atoms with Gasteiger partial charge >= 0.3 is 0 Å². The third-order valence-electron chi connectivity index (χ3n) is 3.65. The standard InChI is InChI=1S/C16H13N5O2S/c1-9-14(24-16(19-9)10-3-2-5-17-7-10)12-8-18-15-13(20-12)11(21-22)4-6-23-15/h2-3,5,7-8,22H,4,6H2,1H3/b21-11+. The Kier molecular flexibility index (Phi) is 3.66. The van der Waals surface area contributed by atoms with Crippen LogP contribution in [0.15, 0.2) is 35.9 Å². The molecule has 3 aromatic rings. The number of aryl methyl sites for hydroxylation is 1. The van der Waals surface area contributed by atoms with Crippen molar-refractivity contribution in [2.75, 3.05) is 6.61 Å². The highest BCUT2D eigenvalue weighted by molar-refractivity contribution is 7.18. The van der Waals surface area contributed by atoms with Crippen LogP contribution in [0.25, 0.3) is 21.1 Å². The number of thiazole rings is 1. The van der Waals surface area contributed by atoms with Crippen LogP contribution in [-0.2, 0) is 0 Å². The molecular formula is C16H13N5O2S. The Morgan fingerprint density at radius 3 is 3.00 bits per heavy atom. The Morgan fingerprint density at radius 2 is 2.21 bits per heavy atom. The fourth-order valence-corrected chi connectivity index (χ4v) is 3.50. The molecule has 1 aliphatic rings. The second-order valence-electron chi connectivity index (χ2n) is 5.23. The summed E-state index contributed by atoms with van der Waals surface area (Å²) in [6.45, 7) is 2.37. The van der Waals surface area contributed by atoms with Crippen LogP contribution >= 0.6 is 11.3 Å². The molecule has 1 aliphatic heterocycles. The van der Waals surface area contributed by atoms with Crippen LogP contribution in [0.3, 0.4) is 0 Å². The van der Waals surface area contributed by atoms with Crippen molar-refractivity contribution in [3.8, 4) is 27.0 Å². The SMILES string of the molecule is Cc1nc(-c2cccnc2)sc1-c1cnc2c(n1)/C(=N/O)CCO2. The van der Waals surface area contributed by atoms with Gasteiger partial charge in [-0.25, -0.2) is 15.0 Å². The summed E-state index contributed by atoms with van der Waals surface area (Å²) < 4.78 is 5.47. The molecule has 7 nitrogen and oxygen atoms in total. The summed E-state index contributed by atoms with van der Waals surface area (Å²) in [7, 11) is 0. The average Bonchev–Trinajstić information content (AvgIpc) is 3.03. The van der Waals surface area contributed by atoms with Gasteiger partial charge in [0.05, 0.1) is 23.4 Å². The third-order valence-corrected chi connectivity index (χ3v) is 4.88. The molecule has 120 valence electrons. The molecule has 0 saturated heterocycles. The maximum Gasteiger partial charge on any atom is 0.242 e. The lowest BCUT2D eigenvalue weighted by atomic mass is 10.1. The van der Waals surface area contributed by atoms with E-state index in [0.29, 0.717) is 36.0 Å². The predicted molar refractivity (Wildman–Crippen MR) is 89.5 cm³/mol. The maximum atomic E-state index is 9.15. The van der Waals surface area contributed by atoms with Crippen molar-refractivity contribution in [1.29, 1.82) is 0 Å². The summed E-state index contributed by atoms with van der Waals surface area (Å²) in [5.74, 6) is 0.396. The van der Waals surface area contributed by atoms with Crippen LogP contribution in [0.2, 0.25) is 0 Å². The van der Waals surface area contributed by atoms with Crippen LogP contribution in [0.1, 0.15) is 17.8 Å². The number of aromatic nitrogens is 4. The third kappa shape index (κ3) is 2.50. The number of oxime groups is 1. The molecule has 1 N–H and O–H groups in total. The Labute approximate surface area is 141 Å². The molecule has 0 unspecified atom stereocenters. The van der Waals surface area contributed by atoms with Crippen molar-refractivity contribution in [1.82, 2.24) is 19.9 Å². The highest BCUT2D eigenvalue weighted by atomic mass is 32.1. The molecule has 0 fully saturated rings. The van der Waals surface area contributed by atoms with E-state index in [1.54, 1.807) is 18.6 Å². The lowest BCUT2D eigenvalue weighted by molar-refractivity contribution is 0.289. The predicted octanol–water partition coefficient (Wildman–Crippen LogP) is 2.93. The molecule has 0 spiro atoms. The second-order valence-corrected chi connectivity index (χ2v) is 6.23. The molecule has 0 amide bonds. The average molecular weight is 339 g/mol. The van der Waals surface area contributed by atoms with E-state index in [1.807, 2.05) is 19.1 Å². The minimum absolute atomic E-state index is 0.396. The van der Waals surface area contributed by atoms with Crippen molar-refractivity contribution in [3.63, 3.8) is 0 Å². The second kappa shape index (κ2) is 5.97. The van der Waals surface area contributed by atoms with Gasteiger partial charge in [-0.3, -0.25) is 4.98 Å². The summed E-state index contributed by atoms with van der Waals surface area (Å²) in [5.41, 5.74) is 3.48. The van der Waals surface area contributed by atoms with Gasteiger partial charge in [0.25, 0.3) is 0 Å². The van der Waals surface area contributed by atoms with Crippen LogP contribution in [0.5, 0.6) is 5.88 Å². The first-order chi connectivity index (χ1) is 11.8. The molecular weight excluding hydrogens is 326 g/mol. The zero-order valence-electron chi connectivity index (χ0n) is 12.8. The number of hydrogen-bond acceptors (Lipinski definition) is 8. The van der Waals surface area contributed by atoms with E-state index in [2.05, 4.69) is 25.1 Å². The number of ether oxygens (including phenoxy) is 1. The minimum Gasteiger partial charge on any atom is -0.476 e. The van der Waals surface area contributed by atoms with Crippen LogP contribution in [0.4, 0.5) is 0 Å². The number of hydrogen-bond donors (Lipinski definition) is 1. The molecule has 0 bridgehead atoms. The van der Waals surface area contributed by atoms with Crippen molar-refractivity contribution >= 4 is 17.0 Å². The van der Waals surface area contributed by atoms with Gasteiger partial charge in [-0.1, -0.05) is 5.16 Å². The number of nitrogens with zero attached hydrogens (tertiary/aromatic N) is 5. The van der Waals surface area contributed by atoms with Gasteiger partial charge in [0.1, 0.15) is 16.4 Å². The van der Waals surface area contributed by atoms with Crippen molar-refractivity contribution < 1.29 is 9.94 Å². The highest BCUT2D eigenvalue weighted by Crippen LogP contribution is 2.35. The quantitative estimate of drug-likeness (QED) is 0.570. The molecule has 4 rings (SSSR count). The lowest BCUT2D eigenvalue weighted by Gasteiger charge is -2.16. The van der Waals surface area contributed by atoms with Gasteiger partial charge in [0.2, 0.25) is 5.88 Å². The zero-order chi connectivity index (χ0) is 16.5. The summed E-state index contributed by atoms with van der Waals surface area (Å²) in [6.07, 6.45) is 5.68. The topological polar surface area (TPSA) is 93.4 Å². The summed E-state index contributed by atoms with van der Waals surface area (Å²) in [6, 6.07) is 3.85. The molecule has 8 heteroatoms.